The van der Waals surface area contributed by atoms with Crippen LogP contribution in [0.2, 0.25) is 0 Å². The first-order valence-corrected chi connectivity index (χ1v) is 9.36. The maximum absolute atomic E-state index is 11.7. The van der Waals surface area contributed by atoms with Gasteiger partial charge in [-0.05, 0) is 32.6 Å². The molecule has 0 aromatic heterocycles. The first-order chi connectivity index (χ1) is 12.5. The van der Waals surface area contributed by atoms with Crippen LogP contribution in [-0.4, -0.2) is 42.3 Å². The van der Waals surface area contributed by atoms with Crippen LogP contribution in [-0.2, 0) is 19.1 Å². The van der Waals surface area contributed by atoms with Gasteiger partial charge in [0.1, 0.15) is 18.9 Å². The smallest absolute Gasteiger partial charge is 0.322 e. The van der Waals surface area contributed by atoms with E-state index in [1.165, 1.54) is 5.57 Å². The highest BCUT2D eigenvalue weighted by molar-refractivity contribution is 5.75. The molecule has 7 nitrogen and oxygen atoms in total. The Bertz CT molecular complexity index is 466. The summed E-state index contributed by atoms with van der Waals surface area (Å²) in [6.07, 6.45) is 11.0. The number of hydrogen-bond acceptors (Lipinski definition) is 6. The van der Waals surface area contributed by atoms with Gasteiger partial charge in [0.2, 0.25) is 6.41 Å². The highest BCUT2D eigenvalue weighted by atomic mass is 16.6. The van der Waals surface area contributed by atoms with Crippen molar-refractivity contribution < 1.29 is 19.1 Å². The summed E-state index contributed by atoms with van der Waals surface area (Å²) in [4.78, 5) is 22.4. The first-order valence-electron chi connectivity index (χ1n) is 9.36. The molecule has 0 saturated carbocycles. The summed E-state index contributed by atoms with van der Waals surface area (Å²) in [6.45, 7) is 8.41. The van der Waals surface area contributed by atoms with Crippen LogP contribution >= 0.6 is 0 Å². The van der Waals surface area contributed by atoms with Gasteiger partial charge in [-0.3, -0.25) is 9.59 Å². The fraction of sp³-hybridized carbons (Fsp3) is 0.684. The van der Waals surface area contributed by atoms with Gasteiger partial charge in [0, 0.05) is 12.4 Å². The van der Waals surface area contributed by atoms with Gasteiger partial charge in [-0.1, -0.05) is 38.8 Å². The molecule has 26 heavy (non-hydrogen) atoms. The van der Waals surface area contributed by atoms with Gasteiger partial charge in [-0.2, -0.15) is 0 Å². The molecule has 2 heterocycles. The van der Waals surface area contributed by atoms with Crippen LogP contribution in [0, 0.1) is 0 Å². The van der Waals surface area contributed by atoms with E-state index in [-0.39, 0.29) is 24.7 Å². The van der Waals surface area contributed by atoms with Gasteiger partial charge in [0.25, 0.3) is 0 Å². The van der Waals surface area contributed by atoms with Gasteiger partial charge in [-0.15, -0.1) is 0 Å². The van der Waals surface area contributed by atoms with Crippen LogP contribution in [0.3, 0.4) is 0 Å². The van der Waals surface area contributed by atoms with Crippen molar-refractivity contribution in [1.82, 2.24) is 4.90 Å². The summed E-state index contributed by atoms with van der Waals surface area (Å²) in [5, 5.41) is 0. The van der Waals surface area contributed by atoms with Crippen molar-refractivity contribution in [3.63, 3.8) is 0 Å². The number of allylic oxidation sites excluding steroid dienone is 2. The van der Waals surface area contributed by atoms with E-state index in [0.29, 0.717) is 13.0 Å². The fourth-order valence-electron chi connectivity index (χ4n) is 2.63. The Kier molecular flexibility index (Phi) is 13.3. The quantitative estimate of drug-likeness (QED) is 0.550. The monoisotopic (exact) mass is 369 g/mol. The second-order valence-electron chi connectivity index (χ2n) is 5.96. The summed E-state index contributed by atoms with van der Waals surface area (Å²) < 4.78 is 11.2. The molecule has 1 amide bonds. The van der Waals surface area contributed by atoms with E-state index < -0.39 is 6.04 Å². The average Bonchev–Trinajstić information content (AvgIpc) is 3.11. The lowest BCUT2D eigenvalue weighted by molar-refractivity contribution is -0.150. The zero-order valence-corrected chi connectivity index (χ0v) is 16.5. The molecular weight excluding hydrogens is 334 g/mol. The van der Waals surface area contributed by atoms with E-state index in [9.17, 15) is 4.79 Å². The number of carbonyl (C=O) groups is 2. The normalized spacial score (nSPS) is 22.2. The predicted molar refractivity (Wildman–Crippen MR) is 103 cm³/mol. The van der Waals surface area contributed by atoms with E-state index in [2.05, 4.69) is 36.0 Å². The molecule has 4 N–H and O–H groups in total. The van der Waals surface area contributed by atoms with Crippen molar-refractivity contribution >= 4 is 12.4 Å². The summed E-state index contributed by atoms with van der Waals surface area (Å²) in [6, 6.07) is -0.511. The molecule has 2 aliphatic heterocycles. The zero-order valence-electron chi connectivity index (χ0n) is 16.5. The molecule has 0 aromatic rings. The predicted octanol–water partition coefficient (Wildman–Crippen LogP) is 2.41. The second kappa shape index (κ2) is 14.3. The highest BCUT2D eigenvalue weighted by Crippen LogP contribution is 2.26. The number of rotatable bonds is 6. The zero-order chi connectivity index (χ0) is 19.9. The standard InChI is InChI=1S/C16H26N2O3.C2H6.CH3NO/c1-3-5-14(17)16(19)20-11-13-7-8-15(21-13)18-9-4-6-12(2)10-18;1-2;2-1-3/h4,9-10,13-15H,3,5-8,11,17H2,1-2H3;1-2H3;1H,(H2,2,3). The molecule has 150 valence electrons. The summed E-state index contributed by atoms with van der Waals surface area (Å²) in [5.74, 6) is -0.322. The number of nitrogens with zero attached hydrogens (tertiary/aromatic N) is 1. The average molecular weight is 370 g/mol. The third kappa shape index (κ3) is 9.01. The van der Waals surface area contributed by atoms with Gasteiger partial charge >= 0.3 is 5.97 Å². The summed E-state index contributed by atoms with van der Waals surface area (Å²) in [5.41, 5.74) is 11.2. The van der Waals surface area contributed by atoms with E-state index in [1.54, 1.807) is 0 Å². The van der Waals surface area contributed by atoms with Crippen LogP contribution in [0.1, 0.15) is 59.8 Å². The van der Waals surface area contributed by atoms with Gasteiger partial charge < -0.3 is 25.8 Å². The molecule has 3 atom stereocenters. The Balaban J connectivity index is 0.00000113. The lowest BCUT2D eigenvalue weighted by atomic mass is 10.1. The minimum Gasteiger partial charge on any atom is -0.462 e. The van der Waals surface area contributed by atoms with Crippen LogP contribution in [0.4, 0.5) is 0 Å². The van der Waals surface area contributed by atoms with Crippen LogP contribution < -0.4 is 11.5 Å². The van der Waals surface area contributed by atoms with Gasteiger partial charge in [0.05, 0.1) is 6.10 Å². The molecular formula is C19H35N3O4. The molecule has 0 radical (unpaired) electrons. The first kappa shape index (κ1) is 24.1. The van der Waals surface area contributed by atoms with Crippen molar-refractivity contribution in [3.05, 3.63) is 24.0 Å². The minimum absolute atomic E-state index is 0.0307. The van der Waals surface area contributed by atoms with Gasteiger partial charge in [-0.25, -0.2) is 0 Å². The number of ether oxygens (including phenoxy) is 2. The lowest BCUT2D eigenvalue weighted by Gasteiger charge is -2.27. The van der Waals surface area contributed by atoms with Crippen molar-refractivity contribution in [2.75, 3.05) is 6.61 Å². The van der Waals surface area contributed by atoms with Crippen molar-refractivity contribution in [1.29, 1.82) is 0 Å². The van der Waals surface area contributed by atoms with Crippen LogP contribution in [0.15, 0.2) is 24.0 Å². The minimum atomic E-state index is -0.511. The maximum Gasteiger partial charge on any atom is 0.322 e. The Hall–Kier alpha value is -1.86. The highest BCUT2D eigenvalue weighted by Gasteiger charge is 2.30. The number of esters is 1. The fourth-order valence-corrected chi connectivity index (χ4v) is 2.63. The maximum atomic E-state index is 11.7. The Labute approximate surface area is 157 Å². The molecule has 0 spiro atoms. The molecule has 1 fully saturated rings. The van der Waals surface area contributed by atoms with E-state index in [1.807, 2.05) is 20.8 Å². The topological polar surface area (TPSA) is 108 Å². The molecule has 7 heteroatoms. The number of hydrogen-bond donors (Lipinski definition) is 2. The third-order valence-electron chi connectivity index (χ3n) is 3.82. The number of nitrogens with two attached hydrogens (primary N) is 2. The molecule has 3 unspecified atom stereocenters. The number of amides is 1. The summed E-state index contributed by atoms with van der Waals surface area (Å²) in [7, 11) is 0. The van der Waals surface area contributed by atoms with Crippen molar-refractivity contribution in [2.45, 2.75) is 78.2 Å². The molecule has 0 aromatic carbocycles. The van der Waals surface area contributed by atoms with E-state index >= 15 is 0 Å². The molecule has 1 saturated heterocycles. The molecule has 0 bridgehead atoms. The SMILES string of the molecule is CC.CCCC(N)C(=O)OCC1CCC(N2C=CCC(C)=C2)O1.NC=O. The number of carbonyl (C=O) groups excluding carboxylic acids is 2. The van der Waals surface area contributed by atoms with Crippen LogP contribution in [0.25, 0.3) is 0 Å². The number of primary amides is 1. The van der Waals surface area contributed by atoms with E-state index in [4.69, 9.17) is 20.0 Å². The van der Waals surface area contributed by atoms with Crippen molar-refractivity contribution in [2.24, 2.45) is 11.5 Å². The lowest BCUT2D eigenvalue weighted by Crippen LogP contribution is -2.34. The van der Waals surface area contributed by atoms with Gasteiger partial charge in [0.15, 0.2) is 0 Å². The Morgan fingerprint density at radius 1 is 1.46 bits per heavy atom. The molecule has 2 aliphatic rings. The Morgan fingerprint density at radius 3 is 2.69 bits per heavy atom. The molecule has 2 rings (SSSR count). The third-order valence-corrected chi connectivity index (χ3v) is 3.82. The Morgan fingerprint density at radius 2 is 2.12 bits per heavy atom. The second-order valence-corrected chi connectivity index (χ2v) is 5.96. The van der Waals surface area contributed by atoms with Crippen LogP contribution in [0.5, 0.6) is 0 Å². The van der Waals surface area contributed by atoms with E-state index in [0.717, 1.165) is 25.7 Å². The summed E-state index contributed by atoms with van der Waals surface area (Å²) >= 11 is 0. The van der Waals surface area contributed by atoms with Crippen molar-refractivity contribution in [3.8, 4) is 0 Å². The largest absolute Gasteiger partial charge is 0.462 e. The molecule has 0 aliphatic carbocycles.